The van der Waals surface area contributed by atoms with Crippen LogP contribution in [0.1, 0.15) is 77.2 Å². The molecular formula is C27H41NO. The smallest absolute Gasteiger partial charge is 0.219 e. The standard InChI is InChI=1S/C16H22.C9H17NO.C2H2/c1-3-9-15(10-4-1)11-5-2-6-12-16-13-7-8-14-16;1-3-5-6-7-8-9(11)10-4-2;1-2/h1,3-4,6,9-10,12,16H,2,5,7-8,11,13-14H2;3,5H,4,6-8H2,1-2H3,(H,10,11);1-2H/b12-6+;5-3-;. The fraction of sp³-hybridized carbons (Fsp3) is 0.519. The number of carbonyl (C=O) groups excluding carboxylic acids is 1. The van der Waals surface area contributed by atoms with Crippen molar-refractivity contribution in [2.45, 2.75) is 78.1 Å². The summed E-state index contributed by atoms with van der Waals surface area (Å²) >= 11 is 0. The van der Waals surface area contributed by atoms with Gasteiger partial charge in [-0.05, 0) is 70.3 Å². The van der Waals surface area contributed by atoms with E-state index in [4.69, 9.17) is 0 Å². The number of terminal acetylenes is 1. The van der Waals surface area contributed by atoms with Gasteiger partial charge in [0, 0.05) is 13.0 Å². The van der Waals surface area contributed by atoms with Gasteiger partial charge in [0.1, 0.15) is 0 Å². The Labute approximate surface area is 179 Å². The number of allylic oxidation sites excluding steroid dienone is 4. The Hall–Kier alpha value is -2.27. The van der Waals surface area contributed by atoms with Crippen LogP contribution in [0.25, 0.3) is 0 Å². The lowest BCUT2D eigenvalue weighted by Crippen LogP contribution is -2.21. The lowest BCUT2D eigenvalue weighted by atomic mass is 10.1. The number of unbranched alkanes of at least 4 members (excludes halogenated alkanes) is 2. The molecule has 1 aromatic rings. The molecule has 1 aliphatic carbocycles. The van der Waals surface area contributed by atoms with Gasteiger partial charge in [0.25, 0.3) is 0 Å². The van der Waals surface area contributed by atoms with Crippen molar-refractivity contribution in [1.82, 2.24) is 5.32 Å². The molecule has 0 unspecified atom stereocenters. The lowest BCUT2D eigenvalue weighted by Gasteiger charge is -2.01. The second-order valence-electron chi connectivity index (χ2n) is 7.27. The van der Waals surface area contributed by atoms with E-state index in [1.165, 1.54) is 50.5 Å². The van der Waals surface area contributed by atoms with Crippen molar-refractivity contribution >= 4 is 5.91 Å². The maximum Gasteiger partial charge on any atom is 0.219 e. The van der Waals surface area contributed by atoms with Gasteiger partial charge in [0.15, 0.2) is 0 Å². The third-order valence-electron chi connectivity index (χ3n) is 4.87. The summed E-state index contributed by atoms with van der Waals surface area (Å²) in [5, 5.41) is 2.76. The van der Waals surface area contributed by atoms with Crippen molar-refractivity contribution in [2.24, 2.45) is 5.92 Å². The Morgan fingerprint density at radius 1 is 1.07 bits per heavy atom. The fourth-order valence-corrected chi connectivity index (χ4v) is 3.34. The van der Waals surface area contributed by atoms with Crippen LogP contribution in [0.4, 0.5) is 0 Å². The maximum absolute atomic E-state index is 10.9. The Morgan fingerprint density at radius 2 is 1.72 bits per heavy atom. The monoisotopic (exact) mass is 395 g/mol. The summed E-state index contributed by atoms with van der Waals surface area (Å²) in [6.07, 6.45) is 29.0. The molecule has 0 bridgehead atoms. The number of amides is 1. The number of hydrogen-bond donors (Lipinski definition) is 1. The molecule has 0 saturated heterocycles. The minimum absolute atomic E-state index is 0.164. The van der Waals surface area contributed by atoms with Gasteiger partial charge in [-0.3, -0.25) is 4.79 Å². The third-order valence-corrected chi connectivity index (χ3v) is 4.87. The second-order valence-corrected chi connectivity index (χ2v) is 7.27. The Kier molecular flexibility index (Phi) is 18.9. The van der Waals surface area contributed by atoms with Crippen LogP contribution < -0.4 is 5.32 Å². The first kappa shape index (κ1) is 26.7. The number of nitrogens with one attached hydrogen (secondary N) is 1. The van der Waals surface area contributed by atoms with Gasteiger partial charge in [0.05, 0.1) is 0 Å². The summed E-state index contributed by atoms with van der Waals surface area (Å²) < 4.78 is 0. The highest BCUT2D eigenvalue weighted by Gasteiger charge is 2.10. The van der Waals surface area contributed by atoms with Crippen LogP contribution in [0.2, 0.25) is 0 Å². The van der Waals surface area contributed by atoms with Crippen LogP contribution >= 0.6 is 0 Å². The van der Waals surface area contributed by atoms with E-state index in [0.717, 1.165) is 25.3 Å². The highest BCUT2D eigenvalue weighted by atomic mass is 16.1. The summed E-state index contributed by atoms with van der Waals surface area (Å²) in [6.45, 7) is 4.67. The third kappa shape index (κ3) is 16.4. The Balaban J connectivity index is 0.000000532. The fourth-order valence-electron chi connectivity index (χ4n) is 3.34. The highest BCUT2D eigenvalue weighted by molar-refractivity contribution is 5.75. The van der Waals surface area contributed by atoms with E-state index in [2.05, 4.69) is 66.7 Å². The second kappa shape index (κ2) is 20.5. The van der Waals surface area contributed by atoms with Crippen molar-refractivity contribution in [3.8, 4) is 12.8 Å². The molecule has 0 aromatic heterocycles. The predicted octanol–water partition coefficient (Wildman–Crippen LogP) is 6.87. The molecule has 0 aliphatic heterocycles. The number of rotatable bonds is 10. The van der Waals surface area contributed by atoms with Gasteiger partial charge in [-0.15, -0.1) is 12.8 Å². The molecule has 1 saturated carbocycles. The summed E-state index contributed by atoms with van der Waals surface area (Å²) in [5.74, 6) is 1.06. The largest absolute Gasteiger partial charge is 0.356 e. The molecule has 1 N–H and O–H groups in total. The van der Waals surface area contributed by atoms with Crippen LogP contribution in [-0.2, 0) is 11.2 Å². The number of carbonyl (C=O) groups is 1. The van der Waals surface area contributed by atoms with Crippen LogP contribution in [0.3, 0.4) is 0 Å². The predicted molar refractivity (Wildman–Crippen MR) is 128 cm³/mol. The van der Waals surface area contributed by atoms with E-state index < -0.39 is 0 Å². The zero-order chi connectivity index (χ0) is 21.6. The number of aryl methyl sites for hydroxylation is 1. The molecule has 1 aromatic carbocycles. The van der Waals surface area contributed by atoms with Gasteiger partial charge >= 0.3 is 0 Å². The molecule has 160 valence electrons. The molecule has 0 spiro atoms. The van der Waals surface area contributed by atoms with E-state index in [1.54, 1.807) is 0 Å². The van der Waals surface area contributed by atoms with Crippen LogP contribution in [0, 0.1) is 18.8 Å². The van der Waals surface area contributed by atoms with E-state index in [9.17, 15) is 4.79 Å². The molecule has 1 amide bonds. The first-order valence-electron chi connectivity index (χ1n) is 11.2. The quantitative estimate of drug-likeness (QED) is 0.261. The topological polar surface area (TPSA) is 29.1 Å². The minimum Gasteiger partial charge on any atom is -0.356 e. The SMILES string of the molecule is C#C.C(=C\C1CCCC1)/CCCc1ccccc1.C/C=C\CCCC(=O)NCC. The molecule has 0 heterocycles. The van der Waals surface area contributed by atoms with Crippen LogP contribution in [0.15, 0.2) is 54.6 Å². The van der Waals surface area contributed by atoms with Crippen molar-refractivity contribution < 1.29 is 4.79 Å². The molecular weight excluding hydrogens is 354 g/mol. The Morgan fingerprint density at radius 3 is 2.34 bits per heavy atom. The van der Waals surface area contributed by atoms with E-state index in [0.29, 0.717) is 6.42 Å². The maximum atomic E-state index is 10.9. The molecule has 0 atom stereocenters. The van der Waals surface area contributed by atoms with Crippen molar-refractivity contribution in [2.75, 3.05) is 6.54 Å². The first-order chi connectivity index (χ1) is 14.3. The van der Waals surface area contributed by atoms with Gasteiger partial charge < -0.3 is 5.32 Å². The Bertz CT molecular complexity index is 565. The van der Waals surface area contributed by atoms with E-state index >= 15 is 0 Å². The van der Waals surface area contributed by atoms with Crippen molar-refractivity contribution in [1.29, 1.82) is 0 Å². The highest BCUT2D eigenvalue weighted by Crippen LogP contribution is 2.25. The summed E-state index contributed by atoms with van der Waals surface area (Å²) in [4.78, 5) is 10.9. The van der Waals surface area contributed by atoms with E-state index in [-0.39, 0.29) is 5.91 Å². The normalized spacial score (nSPS) is 13.5. The molecule has 0 radical (unpaired) electrons. The zero-order valence-electron chi connectivity index (χ0n) is 18.6. The lowest BCUT2D eigenvalue weighted by molar-refractivity contribution is -0.121. The average Bonchev–Trinajstić information content (AvgIpc) is 3.28. The van der Waals surface area contributed by atoms with Gasteiger partial charge in [-0.2, -0.15) is 0 Å². The number of hydrogen-bond acceptors (Lipinski definition) is 1. The molecule has 29 heavy (non-hydrogen) atoms. The minimum atomic E-state index is 0.164. The van der Waals surface area contributed by atoms with Crippen LogP contribution in [-0.4, -0.2) is 12.5 Å². The average molecular weight is 396 g/mol. The van der Waals surface area contributed by atoms with Crippen LogP contribution in [0.5, 0.6) is 0 Å². The molecule has 2 rings (SSSR count). The number of benzene rings is 1. The first-order valence-corrected chi connectivity index (χ1v) is 11.2. The van der Waals surface area contributed by atoms with E-state index in [1.807, 2.05) is 19.9 Å². The van der Waals surface area contributed by atoms with Crippen molar-refractivity contribution in [3.63, 3.8) is 0 Å². The summed E-state index contributed by atoms with van der Waals surface area (Å²) in [5.41, 5.74) is 1.47. The van der Waals surface area contributed by atoms with Gasteiger partial charge in [-0.25, -0.2) is 0 Å². The van der Waals surface area contributed by atoms with Crippen molar-refractivity contribution in [3.05, 3.63) is 60.2 Å². The van der Waals surface area contributed by atoms with Gasteiger partial charge in [-0.1, -0.05) is 67.5 Å². The molecule has 1 fully saturated rings. The molecule has 2 nitrogen and oxygen atoms in total. The summed E-state index contributed by atoms with van der Waals surface area (Å²) in [7, 11) is 0. The summed E-state index contributed by atoms with van der Waals surface area (Å²) in [6, 6.07) is 10.8. The zero-order valence-corrected chi connectivity index (χ0v) is 18.6. The van der Waals surface area contributed by atoms with Gasteiger partial charge in [0.2, 0.25) is 5.91 Å². The molecule has 2 heteroatoms. The molecule has 1 aliphatic rings.